The van der Waals surface area contributed by atoms with Crippen LogP contribution in [0.2, 0.25) is 18.1 Å². The van der Waals surface area contributed by atoms with E-state index in [4.69, 9.17) is 8.42 Å². The van der Waals surface area contributed by atoms with Crippen molar-refractivity contribution < 1.29 is 25.3 Å². The molecule has 1 N–H and O–H groups in total. The van der Waals surface area contributed by atoms with Crippen molar-refractivity contribution in [3.05, 3.63) is 0 Å². The fraction of sp³-hybridized carbons (Fsp3) is 1.00. The van der Waals surface area contributed by atoms with Gasteiger partial charge in [-0.05, 0) is 18.1 Å². The predicted molar refractivity (Wildman–Crippen MR) is 68.5 cm³/mol. The molecule has 0 fully saturated rings. The Morgan fingerprint density at radius 3 is 1.65 bits per heavy atom. The minimum Gasteiger partial charge on any atom is -0.315 e. The molecule has 0 radical (unpaired) electrons. The zero-order chi connectivity index (χ0) is 13.7. The Labute approximate surface area is 104 Å². The van der Waals surface area contributed by atoms with Crippen LogP contribution in [0.25, 0.3) is 0 Å². The molecule has 0 aromatic rings. The quantitative estimate of drug-likeness (QED) is 0.535. The van der Waals surface area contributed by atoms with E-state index >= 15 is 0 Å². The van der Waals surface area contributed by atoms with E-state index < -0.39 is 40.1 Å². The van der Waals surface area contributed by atoms with Crippen molar-refractivity contribution in [3.63, 3.8) is 0 Å². The first kappa shape index (κ1) is 17.0. The number of hydrogen-bond acceptors (Lipinski definition) is 5. The molecule has 17 heavy (non-hydrogen) atoms. The van der Waals surface area contributed by atoms with E-state index in [1.54, 1.807) is 0 Å². The second-order valence-electron chi connectivity index (χ2n) is 3.87. The van der Waals surface area contributed by atoms with Crippen LogP contribution in [0.5, 0.6) is 0 Å². The lowest BCUT2D eigenvalue weighted by Gasteiger charge is -2.26. The maximum Gasteiger partial charge on any atom is 0.265 e. The molecule has 0 aliphatic rings. The van der Waals surface area contributed by atoms with Gasteiger partial charge in [-0.2, -0.15) is 8.42 Å². The summed E-state index contributed by atoms with van der Waals surface area (Å²) >= 11 is 0. The predicted octanol–water partition coefficient (Wildman–Crippen LogP) is 1.23. The van der Waals surface area contributed by atoms with Gasteiger partial charge in [0.15, 0.2) is 0 Å². The average molecular weight is 304 g/mol. The van der Waals surface area contributed by atoms with Crippen LogP contribution < -0.4 is 0 Å². The molecule has 0 saturated carbocycles. The maximum absolute atomic E-state index is 11.6. The minimum absolute atomic E-state index is 0.658. The maximum atomic E-state index is 11.6. The standard InChI is InChI=1S/C8H20O6S2Si/c1-4-17(5-2,6-3)14-16(12,13)8-7-15(9,10)11/h4-8H2,1-3H3,(H,9,10,11). The van der Waals surface area contributed by atoms with Gasteiger partial charge >= 0.3 is 0 Å². The Balaban J connectivity index is 4.75. The van der Waals surface area contributed by atoms with E-state index in [1.165, 1.54) is 0 Å². The van der Waals surface area contributed by atoms with Gasteiger partial charge in [-0.15, -0.1) is 0 Å². The normalized spacial score (nSPS) is 13.9. The van der Waals surface area contributed by atoms with Crippen LogP contribution in [0.3, 0.4) is 0 Å². The molecular formula is C8H20O6S2Si. The van der Waals surface area contributed by atoms with Gasteiger partial charge in [0.05, 0.1) is 11.5 Å². The van der Waals surface area contributed by atoms with E-state index in [-0.39, 0.29) is 0 Å². The van der Waals surface area contributed by atoms with E-state index in [0.29, 0.717) is 18.1 Å². The van der Waals surface area contributed by atoms with Crippen molar-refractivity contribution in [3.8, 4) is 0 Å². The third-order valence-electron chi connectivity index (χ3n) is 2.83. The molecule has 0 heterocycles. The molecule has 0 rings (SSSR count). The Bertz CT molecular complexity index is 415. The summed E-state index contributed by atoms with van der Waals surface area (Å²) in [5.41, 5.74) is 0. The molecule has 104 valence electrons. The summed E-state index contributed by atoms with van der Waals surface area (Å²) in [6.07, 6.45) is 0. The molecule has 0 spiro atoms. The van der Waals surface area contributed by atoms with Crippen LogP contribution >= 0.6 is 0 Å². The molecule has 9 heteroatoms. The zero-order valence-electron chi connectivity index (χ0n) is 10.3. The highest BCUT2D eigenvalue weighted by atomic mass is 32.2. The Kier molecular flexibility index (Phi) is 6.29. The summed E-state index contributed by atoms with van der Waals surface area (Å²) in [5, 5.41) is 0. The summed E-state index contributed by atoms with van der Waals surface area (Å²) < 4.78 is 57.9. The first-order chi connectivity index (χ1) is 7.60. The molecule has 0 aliphatic carbocycles. The van der Waals surface area contributed by atoms with Gasteiger partial charge in [-0.3, -0.25) is 4.55 Å². The van der Waals surface area contributed by atoms with Gasteiger partial charge in [-0.1, -0.05) is 20.8 Å². The fourth-order valence-corrected chi connectivity index (χ4v) is 8.51. The first-order valence-electron chi connectivity index (χ1n) is 5.48. The summed E-state index contributed by atoms with van der Waals surface area (Å²) in [6.45, 7) is 5.62. The van der Waals surface area contributed by atoms with Crippen LogP contribution in [-0.4, -0.2) is 41.2 Å². The smallest absolute Gasteiger partial charge is 0.265 e. The lowest BCUT2D eigenvalue weighted by Crippen LogP contribution is -2.39. The number of rotatable bonds is 8. The van der Waals surface area contributed by atoms with Gasteiger partial charge in [0.25, 0.3) is 20.2 Å². The highest BCUT2D eigenvalue weighted by molar-refractivity contribution is 7.90. The third-order valence-corrected chi connectivity index (χ3v) is 10.8. The first-order valence-corrected chi connectivity index (χ1v) is 11.2. The van der Waals surface area contributed by atoms with Crippen LogP contribution in [0.15, 0.2) is 0 Å². The van der Waals surface area contributed by atoms with Crippen LogP contribution in [0, 0.1) is 0 Å². The summed E-state index contributed by atoms with van der Waals surface area (Å²) in [5.74, 6) is -1.52. The van der Waals surface area contributed by atoms with E-state index in [2.05, 4.69) is 0 Å². The lowest BCUT2D eigenvalue weighted by atomic mass is 10.9. The Morgan fingerprint density at radius 1 is 0.941 bits per heavy atom. The van der Waals surface area contributed by atoms with Crippen molar-refractivity contribution in [2.45, 2.75) is 38.9 Å². The van der Waals surface area contributed by atoms with Crippen LogP contribution in [0.1, 0.15) is 20.8 Å². The monoisotopic (exact) mass is 304 g/mol. The molecule has 6 nitrogen and oxygen atoms in total. The molecule has 0 aliphatic heterocycles. The highest BCUT2D eigenvalue weighted by Gasteiger charge is 2.35. The summed E-state index contributed by atoms with van der Waals surface area (Å²) in [6, 6.07) is 1.97. The minimum atomic E-state index is -4.28. The van der Waals surface area contributed by atoms with Gasteiger partial charge in [0.2, 0.25) is 8.32 Å². The van der Waals surface area contributed by atoms with Crippen molar-refractivity contribution in [1.82, 2.24) is 0 Å². The largest absolute Gasteiger partial charge is 0.315 e. The molecule has 0 unspecified atom stereocenters. The number of hydrogen-bond donors (Lipinski definition) is 1. The lowest BCUT2D eigenvalue weighted by molar-refractivity contribution is 0.467. The summed E-state index contributed by atoms with van der Waals surface area (Å²) in [4.78, 5) is 0. The van der Waals surface area contributed by atoms with Crippen LogP contribution in [-0.2, 0) is 24.1 Å². The molecule has 0 atom stereocenters. The van der Waals surface area contributed by atoms with Gasteiger partial charge in [0.1, 0.15) is 0 Å². The highest BCUT2D eigenvalue weighted by Crippen LogP contribution is 2.24. The van der Waals surface area contributed by atoms with Crippen molar-refractivity contribution >= 4 is 28.6 Å². The Morgan fingerprint density at radius 2 is 1.35 bits per heavy atom. The van der Waals surface area contributed by atoms with Crippen molar-refractivity contribution in [2.24, 2.45) is 0 Å². The molecule has 0 aromatic carbocycles. The van der Waals surface area contributed by atoms with Crippen LogP contribution in [0.4, 0.5) is 0 Å². The second-order valence-corrected chi connectivity index (χ2v) is 12.1. The molecule has 0 amide bonds. The molecule has 0 saturated heterocycles. The van der Waals surface area contributed by atoms with E-state index in [0.717, 1.165) is 0 Å². The third kappa shape index (κ3) is 6.51. The van der Waals surface area contributed by atoms with E-state index in [9.17, 15) is 16.8 Å². The van der Waals surface area contributed by atoms with E-state index in [1.807, 2.05) is 20.8 Å². The van der Waals surface area contributed by atoms with Gasteiger partial charge in [0, 0.05) is 0 Å². The molecule has 0 aromatic heterocycles. The Hall–Kier alpha value is 0.0369. The molecule has 0 bridgehead atoms. The SMILES string of the molecule is CC[Si](CC)(CC)OS(=O)(=O)CCS(=O)(=O)O. The van der Waals surface area contributed by atoms with Gasteiger partial charge < -0.3 is 3.87 Å². The fourth-order valence-electron chi connectivity index (χ4n) is 1.45. The van der Waals surface area contributed by atoms with Crippen molar-refractivity contribution in [2.75, 3.05) is 11.5 Å². The topological polar surface area (TPSA) is 97.7 Å². The van der Waals surface area contributed by atoms with Crippen molar-refractivity contribution in [1.29, 1.82) is 0 Å². The second kappa shape index (κ2) is 6.28. The summed E-state index contributed by atoms with van der Waals surface area (Å²) in [7, 11) is -10.5. The average Bonchev–Trinajstić information content (AvgIpc) is 2.23. The zero-order valence-corrected chi connectivity index (χ0v) is 13.0. The molecular weight excluding hydrogens is 284 g/mol. The van der Waals surface area contributed by atoms with Gasteiger partial charge in [-0.25, -0.2) is 8.42 Å².